The van der Waals surface area contributed by atoms with Gasteiger partial charge in [0.25, 0.3) is 0 Å². The minimum atomic E-state index is -3.26. The van der Waals surface area contributed by atoms with Gasteiger partial charge in [-0.05, 0) is 24.3 Å². The average molecular weight is 366 g/mol. The zero-order chi connectivity index (χ0) is 17.0. The molecular weight excluding hydrogens is 346 g/mol. The SMILES string of the molecule is O=S(=O)(CCc1ccccn1)N1CCN(c2ccccc2Cl)CC1. The number of sulfonamides is 1. The summed E-state index contributed by atoms with van der Waals surface area (Å²) in [5, 5.41) is 0.698. The molecule has 1 aromatic carbocycles. The lowest BCUT2D eigenvalue weighted by Crippen LogP contribution is -2.49. The van der Waals surface area contributed by atoms with Crippen LogP contribution in [0.5, 0.6) is 0 Å². The Balaban J connectivity index is 1.58. The van der Waals surface area contributed by atoms with Crippen LogP contribution in [0.15, 0.2) is 48.7 Å². The molecule has 3 rings (SSSR count). The number of rotatable bonds is 5. The predicted molar refractivity (Wildman–Crippen MR) is 97.0 cm³/mol. The number of aryl methyl sites for hydroxylation is 1. The molecule has 0 atom stereocenters. The Hall–Kier alpha value is -1.63. The number of aromatic nitrogens is 1. The van der Waals surface area contributed by atoms with Crippen LogP contribution in [0.3, 0.4) is 0 Å². The summed E-state index contributed by atoms with van der Waals surface area (Å²) in [4.78, 5) is 6.31. The van der Waals surface area contributed by atoms with E-state index in [2.05, 4.69) is 9.88 Å². The Morgan fingerprint density at radius 1 is 1.00 bits per heavy atom. The van der Waals surface area contributed by atoms with Crippen molar-refractivity contribution in [2.45, 2.75) is 6.42 Å². The van der Waals surface area contributed by atoms with E-state index >= 15 is 0 Å². The summed E-state index contributed by atoms with van der Waals surface area (Å²) in [5.41, 5.74) is 1.76. The third kappa shape index (κ3) is 4.06. The molecule has 0 amide bonds. The van der Waals surface area contributed by atoms with E-state index in [1.807, 2.05) is 42.5 Å². The molecule has 1 saturated heterocycles. The molecular formula is C17H20ClN3O2S. The first-order valence-corrected chi connectivity index (χ1v) is 9.92. The summed E-state index contributed by atoms with van der Waals surface area (Å²) in [6.07, 6.45) is 2.12. The number of hydrogen-bond donors (Lipinski definition) is 0. The number of halogens is 1. The number of hydrogen-bond acceptors (Lipinski definition) is 4. The van der Waals surface area contributed by atoms with Crippen LogP contribution in [-0.2, 0) is 16.4 Å². The summed E-state index contributed by atoms with van der Waals surface area (Å²) in [6, 6.07) is 13.2. The Morgan fingerprint density at radius 3 is 2.38 bits per heavy atom. The first-order chi connectivity index (χ1) is 11.6. The highest BCUT2D eigenvalue weighted by Crippen LogP contribution is 2.26. The number of benzene rings is 1. The van der Waals surface area contributed by atoms with Gasteiger partial charge >= 0.3 is 0 Å². The smallest absolute Gasteiger partial charge is 0.214 e. The van der Waals surface area contributed by atoms with Gasteiger partial charge in [-0.1, -0.05) is 29.8 Å². The normalized spacial score (nSPS) is 16.3. The Labute approximate surface area is 147 Å². The quantitative estimate of drug-likeness (QED) is 0.816. The van der Waals surface area contributed by atoms with Crippen molar-refractivity contribution in [1.29, 1.82) is 0 Å². The fourth-order valence-electron chi connectivity index (χ4n) is 2.82. The highest BCUT2D eigenvalue weighted by Gasteiger charge is 2.27. The molecule has 24 heavy (non-hydrogen) atoms. The van der Waals surface area contributed by atoms with E-state index in [4.69, 9.17) is 11.6 Å². The number of anilines is 1. The van der Waals surface area contributed by atoms with Crippen LogP contribution in [0.1, 0.15) is 5.69 Å². The second kappa shape index (κ2) is 7.51. The van der Waals surface area contributed by atoms with Gasteiger partial charge in [0.15, 0.2) is 0 Å². The minimum absolute atomic E-state index is 0.0934. The van der Waals surface area contributed by atoms with Crippen molar-refractivity contribution in [2.75, 3.05) is 36.8 Å². The van der Waals surface area contributed by atoms with Crippen molar-refractivity contribution >= 4 is 27.3 Å². The molecule has 2 heterocycles. The molecule has 2 aromatic rings. The fraction of sp³-hybridized carbons (Fsp3) is 0.353. The molecule has 0 N–H and O–H groups in total. The fourth-order valence-corrected chi connectivity index (χ4v) is 4.52. The second-order valence-electron chi connectivity index (χ2n) is 5.72. The Kier molecular flexibility index (Phi) is 5.38. The van der Waals surface area contributed by atoms with Gasteiger partial charge in [-0.3, -0.25) is 4.98 Å². The summed E-state index contributed by atoms with van der Waals surface area (Å²) in [7, 11) is -3.26. The van der Waals surface area contributed by atoms with Crippen LogP contribution >= 0.6 is 11.6 Å². The maximum Gasteiger partial charge on any atom is 0.214 e. The van der Waals surface area contributed by atoms with Crippen LogP contribution in [0, 0.1) is 0 Å². The largest absolute Gasteiger partial charge is 0.368 e. The van der Waals surface area contributed by atoms with E-state index in [0.717, 1.165) is 11.4 Å². The maximum atomic E-state index is 12.5. The molecule has 0 aliphatic carbocycles. The summed E-state index contributed by atoms with van der Waals surface area (Å²) < 4.78 is 26.6. The topological polar surface area (TPSA) is 53.5 Å². The third-order valence-electron chi connectivity index (χ3n) is 4.17. The summed E-state index contributed by atoms with van der Waals surface area (Å²) >= 11 is 6.22. The average Bonchev–Trinajstić information content (AvgIpc) is 2.62. The molecule has 0 unspecified atom stereocenters. The molecule has 1 aliphatic heterocycles. The lowest BCUT2D eigenvalue weighted by Gasteiger charge is -2.35. The van der Waals surface area contributed by atoms with Gasteiger partial charge in [0.2, 0.25) is 10.0 Å². The third-order valence-corrected chi connectivity index (χ3v) is 6.36. The van der Waals surface area contributed by atoms with E-state index in [1.165, 1.54) is 0 Å². The highest BCUT2D eigenvalue weighted by molar-refractivity contribution is 7.89. The number of piperazine rings is 1. The van der Waals surface area contributed by atoms with E-state index in [-0.39, 0.29) is 5.75 Å². The number of nitrogens with zero attached hydrogens (tertiary/aromatic N) is 3. The van der Waals surface area contributed by atoms with Gasteiger partial charge in [-0.15, -0.1) is 0 Å². The Bertz CT molecular complexity index is 775. The van der Waals surface area contributed by atoms with Gasteiger partial charge in [-0.2, -0.15) is 4.31 Å². The molecule has 0 radical (unpaired) electrons. The van der Waals surface area contributed by atoms with Crippen LogP contribution in [0.25, 0.3) is 0 Å². The van der Waals surface area contributed by atoms with Crippen molar-refractivity contribution in [3.63, 3.8) is 0 Å². The first kappa shape index (κ1) is 17.2. The minimum Gasteiger partial charge on any atom is -0.368 e. The zero-order valence-electron chi connectivity index (χ0n) is 13.3. The molecule has 5 nitrogen and oxygen atoms in total. The van der Waals surface area contributed by atoms with Crippen LogP contribution in [0.2, 0.25) is 5.02 Å². The van der Waals surface area contributed by atoms with E-state index < -0.39 is 10.0 Å². The maximum absolute atomic E-state index is 12.5. The van der Waals surface area contributed by atoms with Gasteiger partial charge < -0.3 is 4.90 Å². The highest BCUT2D eigenvalue weighted by atomic mass is 35.5. The van der Waals surface area contributed by atoms with Crippen molar-refractivity contribution in [1.82, 2.24) is 9.29 Å². The van der Waals surface area contributed by atoms with Crippen LogP contribution in [0.4, 0.5) is 5.69 Å². The first-order valence-electron chi connectivity index (χ1n) is 7.93. The lowest BCUT2D eigenvalue weighted by atomic mass is 10.2. The molecule has 1 aromatic heterocycles. The van der Waals surface area contributed by atoms with Gasteiger partial charge in [0.1, 0.15) is 0 Å². The molecule has 1 fully saturated rings. The van der Waals surface area contributed by atoms with Crippen molar-refractivity contribution < 1.29 is 8.42 Å². The lowest BCUT2D eigenvalue weighted by molar-refractivity contribution is 0.385. The summed E-state index contributed by atoms with van der Waals surface area (Å²) in [6.45, 7) is 2.25. The molecule has 0 spiro atoms. The zero-order valence-corrected chi connectivity index (χ0v) is 14.9. The summed E-state index contributed by atoms with van der Waals surface area (Å²) in [5.74, 6) is 0.0934. The monoisotopic (exact) mass is 365 g/mol. The molecule has 1 aliphatic rings. The molecule has 0 saturated carbocycles. The van der Waals surface area contributed by atoms with Crippen molar-refractivity contribution in [3.05, 3.63) is 59.4 Å². The van der Waals surface area contributed by atoms with Gasteiger partial charge in [-0.25, -0.2) is 8.42 Å². The number of pyridine rings is 1. The van der Waals surface area contributed by atoms with E-state index in [9.17, 15) is 8.42 Å². The molecule has 0 bridgehead atoms. The van der Waals surface area contributed by atoms with E-state index in [0.29, 0.717) is 37.6 Å². The van der Waals surface area contributed by atoms with Gasteiger partial charge in [0.05, 0.1) is 16.5 Å². The van der Waals surface area contributed by atoms with Crippen molar-refractivity contribution in [2.24, 2.45) is 0 Å². The molecule has 128 valence electrons. The molecule has 7 heteroatoms. The van der Waals surface area contributed by atoms with Crippen molar-refractivity contribution in [3.8, 4) is 0 Å². The van der Waals surface area contributed by atoms with Crippen LogP contribution < -0.4 is 4.90 Å². The van der Waals surface area contributed by atoms with Gasteiger partial charge in [0, 0.05) is 44.5 Å². The Morgan fingerprint density at radius 2 is 1.71 bits per heavy atom. The standard InChI is InChI=1S/C17H20ClN3O2S/c18-16-6-1-2-7-17(16)20-10-12-21(13-11-20)24(22,23)14-8-15-5-3-4-9-19-15/h1-7,9H,8,10-14H2. The van der Waals surface area contributed by atoms with E-state index in [1.54, 1.807) is 10.5 Å². The number of para-hydroxylation sites is 1. The predicted octanol–water partition coefficient (Wildman–Crippen LogP) is 2.43. The van der Waals surface area contributed by atoms with Crippen LogP contribution in [-0.4, -0.2) is 49.6 Å². The second-order valence-corrected chi connectivity index (χ2v) is 8.22.